The third-order valence-corrected chi connectivity index (χ3v) is 4.70. The summed E-state index contributed by atoms with van der Waals surface area (Å²) in [4.78, 5) is 21.1. The minimum absolute atomic E-state index is 0. The molecule has 1 aliphatic carbocycles. The second-order valence-electron chi connectivity index (χ2n) is 7.05. The largest absolute Gasteiger partial charge is 0.344 e. The summed E-state index contributed by atoms with van der Waals surface area (Å²) in [5.74, 6) is 1.05. The summed E-state index contributed by atoms with van der Waals surface area (Å²) >= 11 is 0. The SMILES string of the molecule is CC(C)C(NC(=O)C1CCCC(N)C1)c1nc(-c2ccncc2)no1.Cl.Cl. The fourth-order valence-electron chi connectivity index (χ4n) is 3.23. The van der Waals surface area contributed by atoms with Crippen LogP contribution in [0.25, 0.3) is 11.4 Å². The molecule has 3 unspecified atom stereocenters. The zero-order chi connectivity index (χ0) is 17.8. The molecule has 0 radical (unpaired) electrons. The first kappa shape index (κ1) is 23.3. The molecule has 0 aromatic carbocycles. The van der Waals surface area contributed by atoms with E-state index in [0.29, 0.717) is 11.7 Å². The van der Waals surface area contributed by atoms with Gasteiger partial charge in [-0.25, -0.2) is 0 Å². The second-order valence-corrected chi connectivity index (χ2v) is 7.05. The maximum Gasteiger partial charge on any atom is 0.249 e. The fourth-order valence-corrected chi connectivity index (χ4v) is 3.23. The van der Waals surface area contributed by atoms with Crippen LogP contribution in [0.5, 0.6) is 0 Å². The van der Waals surface area contributed by atoms with Crippen molar-refractivity contribution in [2.24, 2.45) is 17.6 Å². The molecule has 7 nitrogen and oxygen atoms in total. The Morgan fingerprint density at radius 1 is 1.26 bits per heavy atom. The number of amides is 1. The summed E-state index contributed by atoms with van der Waals surface area (Å²) in [6.45, 7) is 4.04. The second kappa shape index (κ2) is 10.6. The van der Waals surface area contributed by atoms with Gasteiger partial charge >= 0.3 is 0 Å². The quantitative estimate of drug-likeness (QED) is 0.775. The van der Waals surface area contributed by atoms with Crippen LogP contribution >= 0.6 is 24.8 Å². The van der Waals surface area contributed by atoms with Gasteiger partial charge in [0.25, 0.3) is 0 Å². The minimum atomic E-state index is -0.311. The molecule has 27 heavy (non-hydrogen) atoms. The van der Waals surface area contributed by atoms with Gasteiger partial charge in [0.1, 0.15) is 6.04 Å². The highest BCUT2D eigenvalue weighted by atomic mass is 35.5. The lowest BCUT2D eigenvalue weighted by Gasteiger charge is -2.28. The van der Waals surface area contributed by atoms with Gasteiger partial charge in [-0.3, -0.25) is 9.78 Å². The molecular weight excluding hydrogens is 389 g/mol. The van der Waals surface area contributed by atoms with Crippen molar-refractivity contribution in [3.05, 3.63) is 30.4 Å². The predicted octanol–water partition coefficient (Wildman–Crippen LogP) is 3.31. The van der Waals surface area contributed by atoms with Crippen LogP contribution in [-0.2, 0) is 4.79 Å². The number of halogens is 2. The van der Waals surface area contributed by atoms with Crippen molar-refractivity contribution < 1.29 is 9.32 Å². The summed E-state index contributed by atoms with van der Waals surface area (Å²) in [6.07, 6.45) is 6.98. The van der Waals surface area contributed by atoms with E-state index in [4.69, 9.17) is 10.3 Å². The summed E-state index contributed by atoms with van der Waals surface area (Å²) < 4.78 is 5.43. The molecule has 2 aromatic rings. The minimum Gasteiger partial charge on any atom is -0.344 e. The number of carbonyl (C=O) groups is 1. The van der Waals surface area contributed by atoms with Crippen LogP contribution in [0.2, 0.25) is 0 Å². The molecule has 150 valence electrons. The summed E-state index contributed by atoms with van der Waals surface area (Å²) in [5, 5.41) is 7.12. The first-order chi connectivity index (χ1) is 12.0. The number of nitrogens with zero attached hydrogens (tertiary/aromatic N) is 3. The van der Waals surface area contributed by atoms with Crippen molar-refractivity contribution in [2.45, 2.75) is 51.6 Å². The average Bonchev–Trinajstić information content (AvgIpc) is 3.09. The molecule has 0 aliphatic heterocycles. The molecule has 1 aliphatic rings. The Kier molecular flexibility index (Phi) is 9.15. The Morgan fingerprint density at radius 2 is 1.96 bits per heavy atom. The first-order valence-corrected chi connectivity index (χ1v) is 8.84. The number of carbonyl (C=O) groups excluding carboxylic acids is 1. The van der Waals surface area contributed by atoms with Gasteiger partial charge < -0.3 is 15.6 Å². The molecule has 3 atom stereocenters. The van der Waals surface area contributed by atoms with E-state index in [1.807, 2.05) is 26.0 Å². The molecule has 2 aromatic heterocycles. The lowest BCUT2D eigenvalue weighted by Crippen LogP contribution is -2.40. The van der Waals surface area contributed by atoms with Crippen molar-refractivity contribution in [1.29, 1.82) is 0 Å². The lowest BCUT2D eigenvalue weighted by molar-refractivity contribution is -0.127. The van der Waals surface area contributed by atoms with Crippen LogP contribution in [0.3, 0.4) is 0 Å². The highest BCUT2D eigenvalue weighted by Crippen LogP contribution is 2.27. The number of nitrogens with two attached hydrogens (primary N) is 1. The van der Waals surface area contributed by atoms with E-state index in [1.54, 1.807) is 12.4 Å². The van der Waals surface area contributed by atoms with Gasteiger partial charge in [0.05, 0.1) is 0 Å². The fraction of sp³-hybridized carbons (Fsp3) is 0.556. The molecule has 0 saturated heterocycles. The highest BCUT2D eigenvalue weighted by Gasteiger charge is 2.30. The Hall–Kier alpha value is -1.70. The van der Waals surface area contributed by atoms with Crippen LogP contribution < -0.4 is 11.1 Å². The monoisotopic (exact) mass is 415 g/mol. The number of rotatable bonds is 5. The molecule has 3 rings (SSSR count). The molecule has 9 heteroatoms. The summed E-state index contributed by atoms with van der Waals surface area (Å²) in [6, 6.07) is 3.44. The summed E-state index contributed by atoms with van der Waals surface area (Å²) in [5.41, 5.74) is 6.84. The number of nitrogens with one attached hydrogen (secondary N) is 1. The van der Waals surface area contributed by atoms with Gasteiger partial charge in [-0.15, -0.1) is 24.8 Å². The molecular formula is C18H27Cl2N5O2. The van der Waals surface area contributed by atoms with E-state index >= 15 is 0 Å². The molecule has 1 fully saturated rings. The van der Waals surface area contributed by atoms with E-state index in [1.165, 1.54) is 0 Å². The summed E-state index contributed by atoms with van der Waals surface area (Å²) in [7, 11) is 0. The van der Waals surface area contributed by atoms with E-state index < -0.39 is 0 Å². The van der Waals surface area contributed by atoms with Gasteiger partial charge in [0, 0.05) is 29.9 Å². The molecule has 3 N–H and O–H groups in total. The van der Waals surface area contributed by atoms with Gasteiger partial charge in [0.2, 0.25) is 17.6 Å². The Bertz CT molecular complexity index is 711. The number of hydrogen-bond donors (Lipinski definition) is 2. The maximum atomic E-state index is 12.6. The number of hydrogen-bond acceptors (Lipinski definition) is 6. The topological polar surface area (TPSA) is 107 Å². The first-order valence-electron chi connectivity index (χ1n) is 8.84. The van der Waals surface area contributed by atoms with Crippen molar-refractivity contribution in [3.8, 4) is 11.4 Å². The Balaban J connectivity index is 0.00000182. The van der Waals surface area contributed by atoms with Crippen LogP contribution in [0.1, 0.15) is 51.5 Å². The average molecular weight is 416 g/mol. The highest BCUT2D eigenvalue weighted by molar-refractivity contribution is 5.85. The zero-order valence-corrected chi connectivity index (χ0v) is 17.1. The molecule has 1 saturated carbocycles. The van der Waals surface area contributed by atoms with Crippen LogP contribution in [0.4, 0.5) is 0 Å². The third kappa shape index (κ3) is 5.89. The van der Waals surface area contributed by atoms with Gasteiger partial charge in [0.15, 0.2) is 0 Å². The smallest absolute Gasteiger partial charge is 0.249 e. The lowest BCUT2D eigenvalue weighted by atomic mass is 9.85. The van der Waals surface area contributed by atoms with Crippen molar-refractivity contribution in [3.63, 3.8) is 0 Å². The van der Waals surface area contributed by atoms with Gasteiger partial charge in [-0.2, -0.15) is 4.98 Å². The van der Waals surface area contributed by atoms with E-state index in [0.717, 1.165) is 31.2 Å². The van der Waals surface area contributed by atoms with E-state index in [2.05, 4.69) is 20.4 Å². The van der Waals surface area contributed by atoms with Crippen LogP contribution in [-0.4, -0.2) is 27.1 Å². The van der Waals surface area contributed by atoms with Gasteiger partial charge in [-0.1, -0.05) is 25.4 Å². The zero-order valence-electron chi connectivity index (χ0n) is 15.5. The third-order valence-electron chi connectivity index (χ3n) is 4.70. The maximum absolute atomic E-state index is 12.6. The normalized spacial score (nSPS) is 20.3. The van der Waals surface area contributed by atoms with Crippen LogP contribution in [0, 0.1) is 11.8 Å². The van der Waals surface area contributed by atoms with Gasteiger partial charge in [-0.05, 0) is 37.3 Å². The number of pyridine rings is 1. The van der Waals surface area contributed by atoms with Crippen LogP contribution in [0.15, 0.2) is 29.0 Å². The standard InChI is InChI=1S/C18H25N5O2.2ClH/c1-11(2)15(21-17(24)13-4-3-5-14(19)10-13)18-22-16(23-25-18)12-6-8-20-9-7-12;;/h6-9,11,13-15H,3-5,10,19H2,1-2H3,(H,21,24);2*1H. The van der Waals surface area contributed by atoms with Crippen molar-refractivity contribution in [2.75, 3.05) is 0 Å². The molecule has 1 amide bonds. The van der Waals surface area contributed by atoms with E-state index in [-0.39, 0.29) is 54.6 Å². The Labute approximate surface area is 171 Å². The predicted molar refractivity (Wildman–Crippen MR) is 108 cm³/mol. The molecule has 0 bridgehead atoms. The van der Waals surface area contributed by atoms with Crippen molar-refractivity contribution >= 4 is 30.7 Å². The van der Waals surface area contributed by atoms with Crippen molar-refractivity contribution in [1.82, 2.24) is 20.4 Å². The Morgan fingerprint density at radius 3 is 2.59 bits per heavy atom. The number of aromatic nitrogens is 3. The van der Waals surface area contributed by atoms with E-state index in [9.17, 15) is 4.79 Å². The molecule has 0 spiro atoms. The molecule has 2 heterocycles.